The van der Waals surface area contributed by atoms with E-state index >= 15 is 0 Å². The quantitative estimate of drug-likeness (QED) is 0.781. The molecular weight excluding hydrogens is 260 g/mol. The molecule has 19 heavy (non-hydrogen) atoms. The Morgan fingerprint density at radius 1 is 1.26 bits per heavy atom. The molecule has 0 aliphatic rings. The van der Waals surface area contributed by atoms with Gasteiger partial charge in [-0.3, -0.25) is 4.98 Å². The van der Waals surface area contributed by atoms with Crippen molar-refractivity contribution in [3.8, 4) is 10.6 Å². The number of nitrogens with zero attached hydrogens (tertiary/aromatic N) is 3. The Kier molecular flexibility index (Phi) is 5.38. The maximum absolute atomic E-state index is 4.97. The third-order valence-electron chi connectivity index (χ3n) is 2.59. The highest BCUT2D eigenvalue weighted by atomic mass is 32.1. The fourth-order valence-corrected chi connectivity index (χ4v) is 2.46. The zero-order valence-electron chi connectivity index (χ0n) is 11.2. The predicted octanol–water partition coefficient (Wildman–Crippen LogP) is 1.69. The van der Waals surface area contributed by atoms with Crippen LogP contribution < -0.4 is 5.32 Å². The summed E-state index contributed by atoms with van der Waals surface area (Å²) >= 11 is 1.62. The lowest BCUT2D eigenvalue weighted by Gasteiger charge is -2.00. The summed E-state index contributed by atoms with van der Waals surface area (Å²) in [6.07, 6.45) is 4.56. The van der Waals surface area contributed by atoms with Crippen LogP contribution in [0, 0.1) is 6.92 Å². The molecule has 102 valence electrons. The number of ether oxygens (including phenoxy) is 1. The third-order valence-corrected chi connectivity index (χ3v) is 3.62. The van der Waals surface area contributed by atoms with Crippen LogP contribution in [0.3, 0.4) is 0 Å². The van der Waals surface area contributed by atoms with Crippen LogP contribution in [0.4, 0.5) is 0 Å². The molecule has 2 rings (SSSR count). The fraction of sp³-hybridized carbons (Fsp3) is 0.462. The van der Waals surface area contributed by atoms with Crippen LogP contribution in [-0.2, 0) is 11.2 Å². The number of aromatic nitrogens is 3. The molecule has 5 nitrogen and oxygen atoms in total. The zero-order valence-corrected chi connectivity index (χ0v) is 12.0. The van der Waals surface area contributed by atoms with Gasteiger partial charge in [0.25, 0.3) is 0 Å². The molecule has 0 aliphatic heterocycles. The summed E-state index contributed by atoms with van der Waals surface area (Å²) in [6.45, 7) is 4.52. The van der Waals surface area contributed by atoms with E-state index in [1.54, 1.807) is 18.4 Å². The van der Waals surface area contributed by atoms with Crippen LogP contribution in [0.15, 0.2) is 18.5 Å². The molecule has 2 aromatic heterocycles. The Morgan fingerprint density at radius 3 is 2.95 bits per heavy atom. The van der Waals surface area contributed by atoms with E-state index in [4.69, 9.17) is 4.74 Å². The lowest BCUT2D eigenvalue weighted by molar-refractivity contribution is 0.199. The van der Waals surface area contributed by atoms with Crippen LogP contribution in [0.5, 0.6) is 0 Å². The standard InChI is InChI=1S/C13H18N4OS/c1-10-7-11(9-15-8-10)13-17-16-12(19-13)3-4-14-5-6-18-2/h7-9,14H,3-6H2,1-2H3. The smallest absolute Gasteiger partial charge is 0.149 e. The van der Waals surface area contributed by atoms with E-state index in [9.17, 15) is 0 Å². The number of pyridine rings is 1. The Hall–Kier alpha value is -1.37. The van der Waals surface area contributed by atoms with Gasteiger partial charge >= 0.3 is 0 Å². The maximum Gasteiger partial charge on any atom is 0.149 e. The van der Waals surface area contributed by atoms with Crippen molar-refractivity contribution < 1.29 is 4.74 Å². The highest BCUT2D eigenvalue weighted by molar-refractivity contribution is 7.14. The molecule has 0 fully saturated rings. The predicted molar refractivity (Wildman–Crippen MR) is 76.3 cm³/mol. The van der Waals surface area contributed by atoms with Crippen molar-refractivity contribution in [2.75, 3.05) is 26.8 Å². The highest BCUT2D eigenvalue weighted by Crippen LogP contribution is 2.23. The Morgan fingerprint density at radius 2 is 2.16 bits per heavy atom. The minimum absolute atomic E-state index is 0.732. The molecule has 0 atom stereocenters. The highest BCUT2D eigenvalue weighted by Gasteiger charge is 2.06. The first-order valence-electron chi connectivity index (χ1n) is 6.23. The van der Waals surface area contributed by atoms with Crippen molar-refractivity contribution in [1.82, 2.24) is 20.5 Å². The second kappa shape index (κ2) is 7.28. The van der Waals surface area contributed by atoms with Crippen LogP contribution in [-0.4, -0.2) is 42.0 Å². The van der Waals surface area contributed by atoms with Crippen molar-refractivity contribution >= 4 is 11.3 Å². The number of methoxy groups -OCH3 is 1. The lowest BCUT2D eigenvalue weighted by Crippen LogP contribution is -2.21. The van der Waals surface area contributed by atoms with E-state index < -0.39 is 0 Å². The molecule has 0 spiro atoms. The van der Waals surface area contributed by atoms with Gasteiger partial charge in [-0.15, -0.1) is 10.2 Å². The number of rotatable bonds is 7. The van der Waals surface area contributed by atoms with E-state index in [-0.39, 0.29) is 0 Å². The van der Waals surface area contributed by atoms with Crippen molar-refractivity contribution in [3.63, 3.8) is 0 Å². The number of nitrogens with one attached hydrogen (secondary N) is 1. The monoisotopic (exact) mass is 278 g/mol. The molecule has 0 bridgehead atoms. The SMILES string of the molecule is COCCNCCc1nnc(-c2cncc(C)c2)s1. The average Bonchev–Trinajstić information content (AvgIpc) is 2.87. The summed E-state index contributed by atoms with van der Waals surface area (Å²) in [4.78, 5) is 4.18. The molecule has 2 aromatic rings. The molecule has 2 heterocycles. The second-order valence-corrected chi connectivity index (χ2v) is 5.31. The largest absolute Gasteiger partial charge is 0.383 e. The van der Waals surface area contributed by atoms with Gasteiger partial charge in [0.1, 0.15) is 10.0 Å². The third kappa shape index (κ3) is 4.34. The van der Waals surface area contributed by atoms with E-state index in [1.165, 1.54) is 0 Å². The molecular formula is C13H18N4OS. The van der Waals surface area contributed by atoms with E-state index in [2.05, 4.69) is 26.6 Å². The minimum Gasteiger partial charge on any atom is -0.383 e. The molecule has 1 N–H and O–H groups in total. The molecule has 0 aromatic carbocycles. The molecule has 0 saturated heterocycles. The topological polar surface area (TPSA) is 59.9 Å². The number of hydrogen-bond donors (Lipinski definition) is 1. The molecule has 0 aliphatic carbocycles. The Bertz CT molecular complexity index is 515. The molecule has 0 saturated carbocycles. The van der Waals surface area contributed by atoms with Crippen molar-refractivity contribution in [2.45, 2.75) is 13.3 Å². The van der Waals surface area contributed by atoms with E-state index in [0.717, 1.165) is 47.3 Å². The van der Waals surface area contributed by atoms with Crippen LogP contribution >= 0.6 is 11.3 Å². The fourth-order valence-electron chi connectivity index (χ4n) is 1.64. The van der Waals surface area contributed by atoms with Gasteiger partial charge in [-0.1, -0.05) is 11.3 Å². The molecule has 0 amide bonds. The first kappa shape index (κ1) is 14.0. The summed E-state index contributed by atoms with van der Waals surface area (Å²) < 4.78 is 4.97. The average molecular weight is 278 g/mol. The van der Waals surface area contributed by atoms with Gasteiger partial charge < -0.3 is 10.1 Å². The molecule has 6 heteroatoms. The van der Waals surface area contributed by atoms with Gasteiger partial charge in [0.15, 0.2) is 0 Å². The second-order valence-electron chi connectivity index (χ2n) is 4.24. The van der Waals surface area contributed by atoms with Crippen molar-refractivity contribution in [1.29, 1.82) is 0 Å². The normalized spacial score (nSPS) is 10.8. The lowest BCUT2D eigenvalue weighted by atomic mass is 10.2. The van der Waals surface area contributed by atoms with Gasteiger partial charge in [-0.05, 0) is 18.6 Å². The molecule has 0 radical (unpaired) electrons. The van der Waals surface area contributed by atoms with Crippen molar-refractivity contribution in [3.05, 3.63) is 29.0 Å². The summed E-state index contributed by atoms with van der Waals surface area (Å²) in [5.41, 5.74) is 2.17. The van der Waals surface area contributed by atoms with E-state index in [1.807, 2.05) is 19.3 Å². The van der Waals surface area contributed by atoms with Crippen molar-refractivity contribution in [2.24, 2.45) is 0 Å². The van der Waals surface area contributed by atoms with E-state index in [0.29, 0.717) is 0 Å². The summed E-state index contributed by atoms with van der Waals surface area (Å²) in [7, 11) is 1.70. The maximum atomic E-state index is 4.97. The van der Waals surface area contributed by atoms with Crippen LogP contribution in [0.1, 0.15) is 10.6 Å². The number of hydrogen-bond acceptors (Lipinski definition) is 6. The van der Waals surface area contributed by atoms with Gasteiger partial charge in [-0.2, -0.15) is 0 Å². The molecule has 0 unspecified atom stereocenters. The van der Waals surface area contributed by atoms with Gasteiger partial charge in [0.2, 0.25) is 0 Å². The Balaban J connectivity index is 1.88. The first-order valence-corrected chi connectivity index (χ1v) is 7.05. The Labute approximate surface area is 117 Å². The van der Waals surface area contributed by atoms with Gasteiger partial charge in [0, 0.05) is 44.6 Å². The van der Waals surface area contributed by atoms with Crippen LogP contribution in [0.2, 0.25) is 0 Å². The zero-order chi connectivity index (χ0) is 13.5. The van der Waals surface area contributed by atoms with Gasteiger partial charge in [0.05, 0.1) is 6.61 Å². The first-order chi connectivity index (χ1) is 9.29. The summed E-state index contributed by atoms with van der Waals surface area (Å²) in [5, 5.41) is 13.7. The van der Waals surface area contributed by atoms with Crippen LogP contribution in [0.25, 0.3) is 10.6 Å². The number of aryl methyl sites for hydroxylation is 1. The van der Waals surface area contributed by atoms with Gasteiger partial charge in [-0.25, -0.2) is 0 Å². The minimum atomic E-state index is 0.732. The summed E-state index contributed by atoms with van der Waals surface area (Å²) in [5.74, 6) is 0. The summed E-state index contributed by atoms with van der Waals surface area (Å²) in [6, 6.07) is 2.08.